The van der Waals surface area contributed by atoms with Crippen molar-refractivity contribution in [1.29, 1.82) is 0 Å². The van der Waals surface area contributed by atoms with Gasteiger partial charge in [-0.15, -0.1) is 0 Å². The highest BCUT2D eigenvalue weighted by Crippen LogP contribution is 2.42. The molecule has 18 heavy (non-hydrogen) atoms. The molecule has 92 valence electrons. The summed E-state index contributed by atoms with van der Waals surface area (Å²) in [4.78, 5) is 15.8. The van der Waals surface area contributed by atoms with E-state index >= 15 is 0 Å². The molecule has 0 bridgehead atoms. The Balaban J connectivity index is 2.11. The molecular formula is C14H12ClNO2. The van der Waals surface area contributed by atoms with Crippen LogP contribution in [0.3, 0.4) is 0 Å². The molecule has 1 aliphatic carbocycles. The predicted molar refractivity (Wildman–Crippen MR) is 69.9 cm³/mol. The second kappa shape index (κ2) is 4.25. The van der Waals surface area contributed by atoms with Gasteiger partial charge in [-0.25, -0.2) is 0 Å². The monoisotopic (exact) mass is 261 g/mol. The minimum atomic E-state index is -0.795. The van der Waals surface area contributed by atoms with E-state index < -0.39 is 11.9 Å². The van der Waals surface area contributed by atoms with Gasteiger partial charge in [0.25, 0.3) is 0 Å². The first kappa shape index (κ1) is 11.5. The molecule has 0 aliphatic heterocycles. The number of para-hydroxylation sites is 1. The molecule has 0 saturated heterocycles. The average Bonchev–Trinajstić information content (AvgIpc) is 3.14. The van der Waals surface area contributed by atoms with E-state index in [0.29, 0.717) is 16.2 Å². The van der Waals surface area contributed by atoms with Crippen LogP contribution in [0.25, 0.3) is 10.9 Å². The molecule has 1 heterocycles. The molecule has 3 rings (SSSR count). The third kappa shape index (κ3) is 1.95. The Kier molecular flexibility index (Phi) is 2.71. The van der Waals surface area contributed by atoms with E-state index in [1.54, 1.807) is 12.1 Å². The number of aliphatic carboxylic acids is 1. The molecule has 1 unspecified atom stereocenters. The zero-order chi connectivity index (χ0) is 12.7. The minimum Gasteiger partial charge on any atom is -0.481 e. The van der Waals surface area contributed by atoms with E-state index in [1.807, 2.05) is 18.2 Å². The minimum absolute atomic E-state index is 0.231. The number of halogens is 1. The van der Waals surface area contributed by atoms with E-state index in [1.165, 1.54) is 0 Å². The molecule has 0 amide bonds. The maximum Gasteiger partial charge on any atom is 0.312 e. The van der Waals surface area contributed by atoms with Gasteiger partial charge in [-0.3, -0.25) is 9.78 Å². The standard InChI is InChI=1S/C14H12ClNO2/c15-10-3-1-2-9-6-7-11(16-13(9)10)12(14(17)18)8-4-5-8/h1-3,6-8,12H,4-5H2,(H,17,18). The maximum atomic E-state index is 11.3. The summed E-state index contributed by atoms with van der Waals surface area (Å²) in [7, 11) is 0. The van der Waals surface area contributed by atoms with Gasteiger partial charge in [0, 0.05) is 5.39 Å². The van der Waals surface area contributed by atoms with E-state index in [9.17, 15) is 9.90 Å². The fourth-order valence-electron chi connectivity index (χ4n) is 2.30. The summed E-state index contributed by atoms with van der Waals surface area (Å²) in [6, 6.07) is 9.25. The molecular weight excluding hydrogens is 250 g/mol. The first-order valence-corrected chi connectivity index (χ1v) is 6.32. The topological polar surface area (TPSA) is 50.2 Å². The Morgan fingerprint density at radius 2 is 2.11 bits per heavy atom. The van der Waals surface area contributed by atoms with Crippen molar-refractivity contribution < 1.29 is 9.90 Å². The lowest BCUT2D eigenvalue weighted by atomic mass is 9.98. The first-order chi connectivity index (χ1) is 8.66. The Labute approximate surface area is 109 Å². The number of nitrogens with zero attached hydrogens (tertiary/aromatic N) is 1. The van der Waals surface area contributed by atoms with E-state index in [-0.39, 0.29) is 5.92 Å². The van der Waals surface area contributed by atoms with Crippen LogP contribution in [0.1, 0.15) is 24.5 Å². The highest BCUT2D eigenvalue weighted by molar-refractivity contribution is 6.35. The third-order valence-electron chi connectivity index (χ3n) is 3.37. The van der Waals surface area contributed by atoms with Crippen LogP contribution >= 0.6 is 11.6 Å². The summed E-state index contributed by atoms with van der Waals surface area (Å²) >= 11 is 6.10. The number of hydrogen-bond acceptors (Lipinski definition) is 2. The van der Waals surface area contributed by atoms with Crippen molar-refractivity contribution in [2.24, 2.45) is 5.92 Å². The molecule has 3 nitrogen and oxygen atoms in total. The Hall–Kier alpha value is -1.61. The van der Waals surface area contributed by atoms with Crippen LogP contribution in [0.15, 0.2) is 30.3 Å². The average molecular weight is 262 g/mol. The summed E-state index contributed by atoms with van der Waals surface area (Å²) in [5, 5.41) is 10.8. The van der Waals surface area contributed by atoms with Gasteiger partial charge in [0.2, 0.25) is 0 Å². The second-order valence-corrected chi connectivity index (χ2v) is 5.11. The lowest BCUT2D eigenvalue weighted by Crippen LogP contribution is -2.15. The number of carboxylic acid groups (broad SMARTS) is 1. The molecule has 1 N–H and O–H groups in total. The van der Waals surface area contributed by atoms with Crippen LogP contribution in [0.2, 0.25) is 5.02 Å². The van der Waals surface area contributed by atoms with Crippen LogP contribution < -0.4 is 0 Å². The molecule has 1 aromatic carbocycles. The number of fused-ring (bicyclic) bond motifs is 1. The molecule has 1 aromatic heterocycles. The van der Waals surface area contributed by atoms with E-state index in [4.69, 9.17) is 11.6 Å². The molecule has 4 heteroatoms. The highest BCUT2D eigenvalue weighted by Gasteiger charge is 2.38. The second-order valence-electron chi connectivity index (χ2n) is 4.70. The van der Waals surface area contributed by atoms with Crippen molar-refractivity contribution in [3.8, 4) is 0 Å². The molecule has 1 fully saturated rings. The number of aromatic nitrogens is 1. The van der Waals surface area contributed by atoms with Crippen molar-refractivity contribution in [1.82, 2.24) is 4.98 Å². The van der Waals surface area contributed by atoms with Gasteiger partial charge < -0.3 is 5.11 Å². The largest absolute Gasteiger partial charge is 0.481 e. The molecule has 1 aliphatic rings. The fourth-order valence-corrected chi connectivity index (χ4v) is 2.52. The molecule has 1 saturated carbocycles. The van der Waals surface area contributed by atoms with Gasteiger partial charge in [-0.1, -0.05) is 29.8 Å². The lowest BCUT2D eigenvalue weighted by molar-refractivity contribution is -0.139. The van der Waals surface area contributed by atoms with Crippen molar-refractivity contribution in [3.63, 3.8) is 0 Å². The summed E-state index contributed by atoms with van der Waals surface area (Å²) in [5.74, 6) is -1.06. The summed E-state index contributed by atoms with van der Waals surface area (Å²) in [5.41, 5.74) is 1.30. The number of benzene rings is 1. The van der Waals surface area contributed by atoms with Gasteiger partial charge in [0.05, 0.1) is 16.2 Å². The zero-order valence-electron chi connectivity index (χ0n) is 9.64. The van der Waals surface area contributed by atoms with Gasteiger partial charge in [0.15, 0.2) is 0 Å². The summed E-state index contributed by atoms with van der Waals surface area (Å²) < 4.78 is 0. The highest BCUT2D eigenvalue weighted by atomic mass is 35.5. The van der Waals surface area contributed by atoms with E-state index in [2.05, 4.69) is 4.98 Å². The Morgan fingerprint density at radius 3 is 2.78 bits per heavy atom. The van der Waals surface area contributed by atoms with Crippen molar-refractivity contribution >= 4 is 28.5 Å². The van der Waals surface area contributed by atoms with Crippen molar-refractivity contribution in [2.45, 2.75) is 18.8 Å². The van der Waals surface area contributed by atoms with Gasteiger partial charge in [0.1, 0.15) is 5.92 Å². The number of hydrogen-bond donors (Lipinski definition) is 1. The lowest BCUT2D eigenvalue weighted by Gasteiger charge is -2.11. The van der Waals surface area contributed by atoms with E-state index in [0.717, 1.165) is 18.2 Å². The van der Waals surface area contributed by atoms with Crippen LogP contribution in [-0.2, 0) is 4.79 Å². The summed E-state index contributed by atoms with van der Waals surface area (Å²) in [6.07, 6.45) is 1.94. The predicted octanol–water partition coefficient (Wildman–Crippen LogP) is 3.47. The quantitative estimate of drug-likeness (QED) is 0.920. The fraction of sp³-hybridized carbons (Fsp3) is 0.286. The zero-order valence-corrected chi connectivity index (χ0v) is 10.4. The van der Waals surface area contributed by atoms with Crippen LogP contribution in [-0.4, -0.2) is 16.1 Å². The number of carbonyl (C=O) groups is 1. The van der Waals surface area contributed by atoms with Crippen LogP contribution in [0.5, 0.6) is 0 Å². The number of rotatable bonds is 3. The smallest absolute Gasteiger partial charge is 0.312 e. The Bertz CT molecular complexity index is 622. The molecule has 0 spiro atoms. The van der Waals surface area contributed by atoms with Crippen molar-refractivity contribution in [2.75, 3.05) is 0 Å². The maximum absolute atomic E-state index is 11.3. The normalized spacial score (nSPS) is 16.7. The third-order valence-corrected chi connectivity index (χ3v) is 3.68. The number of carboxylic acids is 1. The van der Waals surface area contributed by atoms with Gasteiger partial charge in [-0.2, -0.15) is 0 Å². The van der Waals surface area contributed by atoms with Gasteiger partial charge >= 0.3 is 5.97 Å². The SMILES string of the molecule is O=C(O)C(c1ccc2cccc(Cl)c2n1)C1CC1. The molecule has 2 aromatic rings. The van der Waals surface area contributed by atoms with Crippen molar-refractivity contribution in [3.05, 3.63) is 41.0 Å². The Morgan fingerprint density at radius 1 is 1.33 bits per heavy atom. The number of pyridine rings is 1. The van der Waals surface area contributed by atoms with Crippen LogP contribution in [0.4, 0.5) is 0 Å². The molecule has 0 radical (unpaired) electrons. The van der Waals surface area contributed by atoms with Gasteiger partial charge in [-0.05, 0) is 30.9 Å². The first-order valence-electron chi connectivity index (χ1n) is 5.95. The molecule has 1 atom stereocenters. The summed E-state index contributed by atoms with van der Waals surface area (Å²) in [6.45, 7) is 0. The van der Waals surface area contributed by atoms with Crippen LogP contribution in [0, 0.1) is 5.92 Å².